The van der Waals surface area contributed by atoms with Crippen LogP contribution >= 0.6 is 12.4 Å². The molecule has 1 fully saturated rings. The number of ether oxygens (including phenoxy) is 2. The molecular formula is C21H27ClN4O5. The first kappa shape index (κ1) is 24.1. The van der Waals surface area contributed by atoms with Crippen molar-refractivity contribution in [3.63, 3.8) is 0 Å². The third kappa shape index (κ3) is 5.69. The summed E-state index contributed by atoms with van der Waals surface area (Å²) in [7, 11) is 3.19. The van der Waals surface area contributed by atoms with E-state index in [-0.39, 0.29) is 30.2 Å². The van der Waals surface area contributed by atoms with E-state index in [9.17, 15) is 14.9 Å². The van der Waals surface area contributed by atoms with E-state index in [1.165, 1.54) is 12.1 Å². The molecule has 1 N–H and O–H groups in total. The topological polar surface area (TPSA) is 97.2 Å². The van der Waals surface area contributed by atoms with Crippen molar-refractivity contribution in [2.45, 2.75) is 13.0 Å². The first-order valence-electron chi connectivity index (χ1n) is 9.69. The van der Waals surface area contributed by atoms with Crippen molar-refractivity contribution in [2.24, 2.45) is 0 Å². The summed E-state index contributed by atoms with van der Waals surface area (Å²) in [6.07, 6.45) is 0. The Morgan fingerprint density at radius 1 is 1.06 bits per heavy atom. The number of amides is 2. The molecule has 1 heterocycles. The lowest BCUT2D eigenvalue weighted by molar-refractivity contribution is -0.384. The van der Waals surface area contributed by atoms with Gasteiger partial charge in [0.05, 0.1) is 25.2 Å². The number of nitro benzene ring substituents is 1. The van der Waals surface area contributed by atoms with Crippen molar-refractivity contribution in [3.05, 3.63) is 58.1 Å². The molecule has 9 nitrogen and oxygen atoms in total. The molecule has 1 aliphatic rings. The Morgan fingerprint density at radius 3 is 2.26 bits per heavy atom. The summed E-state index contributed by atoms with van der Waals surface area (Å²) in [5.41, 5.74) is 1.82. The number of carbonyl (C=O) groups excluding carboxylic acids is 1. The predicted molar refractivity (Wildman–Crippen MR) is 121 cm³/mol. The quantitative estimate of drug-likeness (QED) is 0.533. The Hall–Kier alpha value is -3.20. The number of piperazine rings is 1. The number of rotatable bonds is 6. The third-order valence-electron chi connectivity index (χ3n) is 5.24. The van der Waals surface area contributed by atoms with Crippen molar-refractivity contribution >= 4 is 29.8 Å². The SMILES string of the molecule is COc1ccc(OC)c(C(C)NC(=O)N2CCN(c3ccc([N+](=O)[O-])cc3)CC2)c1.Cl. The highest BCUT2D eigenvalue weighted by Crippen LogP contribution is 2.29. The molecule has 1 atom stereocenters. The van der Waals surface area contributed by atoms with Crippen LogP contribution < -0.4 is 19.7 Å². The van der Waals surface area contributed by atoms with Crippen LogP contribution in [0.25, 0.3) is 0 Å². The summed E-state index contributed by atoms with van der Waals surface area (Å²) < 4.78 is 10.7. The molecule has 2 aromatic carbocycles. The molecule has 2 aromatic rings. The van der Waals surface area contributed by atoms with Gasteiger partial charge in [-0.3, -0.25) is 10.1 Å². The zero-order chi connectivity index (χ0) is 21.7. The van der Waals surface area contributed by atoms with Crippen LogP contribution in [0.15, 0.2) is 42.5 Å². The first-order valence-corrected chi connectivity index (χ1v) is 9.69. The average Bonchev–Trinajstić information content (AvgIpc) is 2.78. The van der Waals surface area contributed by atoms with Crippen molar-refractivity contribution < 1.29 is 19.2 Å². The number of nitrogens with one attached hydrogen (secondary N) is 1. The smallest absolute Gasteiger partial charge is 0.317 e. The van der Waals surface area contributed by atoms with Gasteiger partial charge in [-0.25, -0.2) is 4.79 Å². The number of hydrogen-bond acceptors (Lipinski definition) is 6. The van der Waals surface area contributed by atoms with E-state index >= 15 is 0 Å². The van der Waals surface area contributed by atoms with E-state index in [4.69, 9.17) is 9.47 Å². The minimum absolute atomic E-state index is 0. The van der Waals surface area contributed by atoms with Crippen LogP contribution in [0.5, 0.6) is 11.5 Å². The summed E-state index contributed by atoms with van der Waals surface area (Å²) in [5, 5.41) is 13.8. The molecule has 31 heavy (non-hydrogen) atoms. The first-order chi connectivity index (χ1) is 14.4. The van der Waals surface area contributed by atoms with Gasteiger partial charge in [0.2, 0.25) is 0 Å². The highest BCUT2D eigenvalue weighted by atomic mass is 35.5. The molecule has 0 aromatic heterocycles. The van der Waals surface area contributed by atoms with Crippen LogP contribution in [0.3, 0.4) is 0 Å². The number of anilines is 1. The largest absolute Gasteiger partial charge is 0.497 e. The molecule has 0 saturated carbocycles. The fraction of sp³-hybridized carbons (Fsp3) is 0.381. The molecule has 3 rings (SSSR count). The standard InChI is InChI=1S/C21H26N4O5.ClH/c1-15(19-14-18(29-2)8-9-20(19)30-3)22-21(26)24-12-10-23(11-13-24)16-4-6-17(7-5-16)25(27)28;/h4-9,14-15H,10-13H2,1-3H3,(H,22,26);1H. The number of methoxy groups -OCH3 is 2. The molecule has 10 heteroatoms. The minimum Gasteiger partial charge on any atom is -0.497 e. The number of carbonyl (C=O) groups is 1. The van der Waals surface area contributed by atoms with Gasteiger partial charge >= 0.3 is 6.03 Å². The molecule has 0 radical (unpaired) electrons. The second-order valence-corrected chi connectivity index (χ2v) is 7.03. The van der Waals surface area contributed by atoms with Crippen LogP contribution in [-0.4, -0.2) is 56.3 Å². The number of hydrogen-bond donors (Lipinski definition) is 1. The van der Waals surface area contributed by atoms with Gasteiger partial charge in [-0.15, -0.1) is 12.4 Å². The van der Waals surface area contributed by atoms with E-state index in [0.29, 0.717) is 37.7 Å². The molecule has 1 saturated heterocycles. The fourth-order valence-electron chi connectivity index (χ4n) is 3.48. The molecule has 2 amide bonds. The molecular weight excluding hydrogens is 424 g/mol. The van der Waals surface area contributed by atoms with E-state index < -0.39 is 4.92 Å². The molecule has 0 bridgehead atoms. The van der Waals surface area contributed by atoms with Crippen LogP contribution in [0.4, 0.5) is 16.2 Å². The van der Waals surface area contributed by atoms with Gasteiger partial charge in [-0.2, -0.15) is 0 Å². The number of nitrogens with zero attached hydrogens (tertiary/aromatic N) is 3. The number of benzene rings is 2. The molecule has 0 spiro atoms. The Kier molecular flexibility index (Phi) is 8.32. The highest BCUT2D eigenvalue weighted by molar-refractivity contribution is 5.85. The lowest BCUT2D eigenvalue weighted by Crippen LogP contribution is -2.52. The van der Waals surface area contributed by atoms with Gasteiger partial charge in [0.15, 0.2) is 0 Å². The summed E-state index contributed by atoms with van der Waals surface area (Å²) in [6, 6.07) is 11.6. The highest BCUT2D eigenvalue weighted by Gasteiger charge is 2.24. The summed E-state index contributed by atoms with van der Waals surface area (Å²) in [6.45, 7) is 4.34. The van der Waals surface area contributed by atoms with Crippen LogP contribution in [0, 0.1) is 10.1 Å². The van der Waals surface area contributed by atoms with Crippen LogP contribution in [-0.2, 0) is 0 Å². The summed E-state index contributed by atoms with van der Waals surface area (Å²) >= 11 is 0. The number of urea groups is 1. The van der Waals surface area contributed by atoms with E-state index in [0.717, 1.165) is 11.3 Å². The molecule has 168 valence electrons. The Balaban J connectivity index is 0.00000341. The summed E-state index contributed by atoms with van der Waals surface area (Å²) in [5.74, 6) is 1.38. The number of non-ortho nitro benzene ring substituents is 1. The van der Waals surface area contributed by atoms with Crippen molar-refractivity contribution in [1.29, 1.82) is 0 Å². The van der Waals surface area contributed by atoms with E-state index in [1.807, 2.05) is 25.1 Å². The maximum absolute atomic E-state index is 12.7. The Bertz CT molecular complexity index is 901. The Morgan fingerprint density at radius 2 is 1.71 bits per heavy atom. The van der Waals surface area contributed by atoms with Gasteiger partial charge in [0.25, 0.3) is 5.69 Å². The van der Waals surface area contributed by atoms with E-state index in [2.05, 4.69) is 10.2 Å². The van der Waals surface area contributed by atoms with Gasteiger partial charge in [0.1, 0.15) is 11.5 Å². The van der Waals surface area contributed by atoms with Crippen molar-refractivity contribution in [3.8, 4) is 11.5 Å². The Labute approximate surface area is 187 Å². The molecule has 1 aliphatic heterocycles. The second kappa shape index (κ2) is 10.7. The zero-order valence-electron chi connectivity index (χ0n) is 17.7. The van der Waals surface area contributed by atoms with Gasteiger partial charge in [0, 0.05) is 49.6 Å². The molecule has 0 aliphatic carbocycles. The van der Waals surface area contributed by atoms with Crippen molar-refractivity contribution in [2.75, 3.05) is 45.3 Å². The maximum atomic E-state index is 12.7. The lowest BCUT2D eigenvalue weighted by Gasteiger charge is -2.36. The van der Waals surface area contributed by atoms with E-state index in [1.54, 1.807) is 31.3 Å². The predicted octanol–water partition coefficient (Wildman–Crippen LogP) is 3.63. The van der Waals surface area contributed by atoms with Gasteiger partial charge < -0.3 is 24.6 Å². The number of halogens is 1. The van der Waals surface area contributed by atoms with Crippen LogP contribution in [0.1, 0.15) is 18.5 Å². The fourth-order valence-corrected chi connectivity index (χ4v) is 3.48. The van der Waals surface area contributed by atoms with Gasteiger partial charge in [-0.05, 0) is 37.3 Å². The summed E-state index contributed by atoms with van der Waals surface area (Å²) in [4.78, 5) is 27.0. The molecule has 1 unspecified atom stereocenters. The monoisotopic (exact) mass is 450 g/mol. The number of nitro groups is 1. The maximum Gasteiger partial charge on any atom is 0.317 e. The van der Waals surface area contributed by atoms with Gasteiger partial charge in [-0.1, -0.05) is 0 Å². The van der Waals surface area contributed by atoms with Crippen molar-refractivity contribution in [1.82, 2.24) is 10.2 Å². The third-order valence-corrected chi connectivity index (χ3v) is 5.24. The normalized spacial score (nSPS) is 14.3. The minimum atomic E-state index is -0.412. The second-order valence-electron chi connectivity index (χ2n) is 7.03. The lowest BCUT2D eigenvalue weighted by atomic mass is 10.1. The average molecular weight is 451 g/mol. The van der Waals surface area contributed by atoms with Crippen LogP contribution in [0.2, 0.25) is 0 Å². The zero-order valence-corrected chi connectivity index (χ0v) is 18.6.